The van der Waals surface area contributed by atoms with Gasteiger partial charge in [-0.3, -0.25) is 4.79 Å². The van der Waals surface area contributed by atoms with E-state index in [4.69, 9.17) is 14.2 Å². The van der Waals surface area contributed by atoms with Gasteiger partial charge in [0.2, 0.25) is 5.75 Å². The molecule has 2 N–H and O–H groups in total. The van der Waals surface area contributed by atoms with Crippen LogP contribution in [0.15, 0.2) is 54.6 Å². The molecular weight excluding hydrogens is 360 g/mol. The zero-order valence-corrected chi connectivity index (χ0v) is 15.7. The normalized spacial score (nSPS) is 10.4. The Morgan fingerprint density at radius 3 is 2.00 bits per heavy atom. The Balaban J connectivity index is 2.11. The number of phenols is 2. The molecular formula is C22H20O6. The SMILES string of the molecule is COc1cc(C(=O)c2cc(-c3ccccc3O)ccc2O)cc(OC)c1OC. The number of phenolic OH excluding ortho intramolecular Hbond substituents is 2. The number of para-hydroxylation sites is 1. The molecule has 28 heavy (non-hydrogen) atoms. The number of hydrogen-bond acceptors (Lipinski definition) is 6. The Hall–Kier alpha value is -3.67. The van der Waals surface area contributed by atoms with Gasteiger partial charge in [0.25, 0.3) is 0 Å². The number of carbonyl (C=O) groups excluding carboxylic acids is 1. The summed E-state index contributed by atoms with van der Waals surface area (Å²) in [6.07, 6.45) is 0. The molecule has 6 heteroatoms. The molecule has 3 aromatic rings. The van der Waals surface area contributed by atoms with Crippen LogP contribution in [-0.2, 0) is 0 Å². The Labute approximate surface area is 162 Å². The first-order valence-electron chi connectivity index (χ1n) is 8.46. The molecule has 0 bridgehead atoms. The lowest BCUT2D eigenvalue weighted by Gasteiger charge is -2.14. The van der Waals surface area contributed by atoms with Crippen LogP contribution in [0, 0.1) is 0 Å². The molecule has 6 nitrogen and oxygen atoms in total. The van der Waals surface area contributed by atoms with Crippen molar-refractivity contribution in [1.29, 1.82) is 0 Å². The minimum atomic E-state index is -0.422. The molecule has 0 heterocycles. The van der Waals surface area contributed by atoms with Gasteiger partial charge < -0.3 is 24.4 Å². The Morgan fingerprint density at radius 1 is 0.786 bits per heavy atom. The maximum absolute atomic E-state index is 13.1. The average molecular weight is 380 g/mol. The Bertz CT molecular complexity index is 1000. The summed E-state index contributed by atoms with van der Waals surface area (Å²) in [5, 5.41) is 20.3. The highest BCUT2D eigenvalue weighted by atomic mass is 16.5. The van der Waals surface area contributed by atoms with Gasteiger partial charge in [-0.05, 0) is 35.9 Å². The van der Waals surface area contributed by atoms with Crippen LogP contribution in [0.2, 0.25) is 0 Å². The number of methoxy groups -OCH3 is 3. The highest BCUT2D eigenvalue weighted by Gasteiger charge is 2.21. The van der Waals surface area contributed by atoms with Gasteiger partial charge in [0, 0.05) is 11.1 Å². The van der Waals surface area contributed by atoms with Crippen LogP contribution in [0.4, 0.5) is 0 Å². The first kappa shape index (κ1) is 19.1. The van der Waals surface area contributed by atoms with E-state index < -0.39 is 5.78 Å². The first-order chi connectivity index (χ1) is 13.5. The van der Waals surface area contributed by atoms with Gasteiger partial charge in [-0.1, -0.05) is 24.3 Å². The lowest BCUT2D eigenvalue weighted by molar-refractivity contribution is 0.103. The van der Waals surface area contributed by atoms with Crippen molar-refractivity contribution in [2.75, 3.05) is 21.3 Å². The lowest BCUT2D eigenvalue weighted by Crippen LogP contribution is -2.05. The molecule has 0 spiro atoms. The average Bonchev–Trinajstić information content (AvgIpc) is 2.73. The fraction of sp³-hybridized carbons (Fsp3) is 0.136. The van der Waals surface area contributed by atoms with Crippen molar-refractivity contribution < 1.29 is 29.2 Å². The van der Waals surface area contributed by atoms with Crippen LogP contribution in [-0.4, -0.2) is 37.3 Å². The maximum Gasteiger partial charge on any atom is 0.203 e. The van der Waals surface area contributed by atoms with Crippen molar-refractivity contribution in [1.82, 2.24) is 0 Å². The van der Waals surface area contributed by atoms with Crippen molar-refractivity contribution in [2.45, 2.75) is 0 Å². The van der Waals surface area contributed by atoms with E-state index >= 15 is 0 Å². The maximum atomic E-state index is 13.1. The zero-order valence-electron chi connectivity index (χ0n) is 15.7. The smallest absolute Gasteiger partial charge is 0.203 e. The van der Waals surface area contributed by atoms with Crippen LogP contribution in [0.5, 0.6) is 28.7 Å². The molecule has 0 amide bonds. The number of hydrogen-bond donors (Lipinski definition) is 2. The van der Waals surface area contributed by atoms with E-state index in [0.29, 0.717) is 28.4 Å². The van der Waals surface area contributed by atoms with Crippen molar-refractivity contribution in [2.24, 2.45) is 0 Å². The quantitative estimate of drug-likeness (QED) is 0.628. The summed E-state index contributed by atoms with van der Waals surface area (Å²) in [7, 11) is 4.40. The predicted octanol–water partition coefficient (Wildman–Crippen LogP) is 4.02. The number of benzene rings is 3. The largest absolute Gasteiger partial charge is 0.507 e. The highest BCUT2D eigenvalue weighted by Crippen LogP contribution is 2.39. The van der Waals surface area contributed by atoms with Crippen LogP contribution >= 0.6 is 0 Å². The summed E-state index contributed by atoms with van der Waals surface area (Å²) < 4.78 is 15.9. The van der Waals surface area contributed by atoms with Gasteiger partial charge in [-0.2, -0.15) is 0 Å². The summed E-state index contributed by atoms with van der Waals surface area (Å²) in [4.78, 5) is 13.1. The summed E-state index contributed by atoms with van der Waals surface area (Å²) in [6, 6.07) is 14.4. The van der Waals surface area contributed by atoms with Gasteiger partial charge >= 0.3 is 0 Å². The van der Waals surface area contributed by atoms with Gasteiger partial charge in [0.15, 0.2) is 17.3 Å². The summed E-state index contributed by atoms with van der Waals surface area (Å²) >= 11 is 0. The van der Waals surface area contributed by atoms with Crippen LogP contribution in [0.3, 0.4) is 0 Å². The van der Waals surface area contributed by atoms with E-state index in [9.17, 15) is 15.0 Å². The van der Waals surface area contributed by atoms with Crippen LogP contribution < -0.4 is 14.2 Å². The van der Waals surface area contributed by atoms with Crippen molar-refractivity contribution >= 4 is 5.78 Å². The second-order valence-electron chi connectivity index (χ2n) is 5.99. The predicted molar refractivity (Wildman–Crippen MR) is 105 cm³/mol. The molecule has 0 unspecified atom stereocenters. The van der Waals surface area contributed by atoms with E-state index in [-0.39, 0.29) is 22.6 Å². The summed E-state index contributed by atoms with van der Waals surface area (Å²) in [5.74, 6) is 0.531. The molecule has 144 valence electrons. The molecule has 0 aliphatic rings. The molecule has 0 aromatic heterocycles. The topological polar surface area (TPSA) is 85.2 Å². The minimum absolute atomic E-state index is 0.0828. The number of ketones is 1. The van der Waals surface area contributed by atoms with Crippen molar-refractivity contribution in [3.05, 3.63) is 65.7 Å². The fourth-order valence-corrected chi connectivity index (χ4v) is 2.97. The molecule has 3 aromatic carbocycles. The summed E-state index contributed by atoms with van der Waals surface area (Å²) in [5.41, 5.74) is 1.52. The number of carbonyl (C=O) groups is 1. The highest BCUT2D eigenvalue weighted by molar-refractivity contribution is 6.12. The van der Waals surface area contributed by atoms with Crippen LogP contribution in [0.25, 0.3) is 11.1 Å². The van der Waals surface area contributed by atoms with Crippen LogP contribution in [0.1, 0.15) is 15.9 Å². The van der Waals surface area contributed by atoms with E-state index in [1.54, 1.807) is 30.3 Å². The second-order valence-corrected chi connectivity index (χ2v) is 5.99. The van der Waals surface area contributed by atoms with Gasteiger partial charge in [-0.15, -0.1) is 0 Å². The number of rotatable bonds is 6. The van der Waals surface area contributed by atoms with Gasteiger partial charge in [-0.25, -0.2) is 0 Å². The standard InChI is InChI=1S/C22H20O6/c1-26-19-11-14(12-20(27-2)22(19)28-3)21(25)16-10-13(8-9-18(16)24)15-6-4-5-7-17(15)23/h4-12,23-24H,1-3H3. The minimum Gasteiger partial charge on any atom is -0.507 e. The van der Waals surface area contributed by atoms with Gasteiger partial charge in [0.1, 0.15) is 11.5 Å². The number of ether oxygens (including phenoxy) is 3. The Morgan fingerprint density at radius 2 is 1.43 bits per heavy atom. The second kappa shape index (κ2) is 7.92. The lowest BCUT2D eigenvalue weighted by atomic mass is 9.96. The first-order valence-corrected chi connectivity index (χ1v) is 8.46. The molecule has 0 saturated carbocycles. The monoisotopic (exact) mass is 380 g/mol. The van der Waals surface area contributed by atoms with E-state index in [1.165, 1.54) is 45.6 Å². The van der Waals surface area contributed by atoms with Crippen molar-refractivity contribution in [3.8, 4) is 39.9 Å². The van der Waals surface area contributed by atoms with E-state index in [1.807, 2.05) is 0 Å². The van der Waals surface area contributed by atoms with E-state index in [2.05, 4.69) is 0 Å². The third-order valence-corrected chi connectivity index (χ3v) is 4.38. The third kappa shape index (κ3) is 3.44. The molecule has 0 saturated heterocycles. The zero-order chi connectivity index (χ0) is 20.3. The van der Waals surface area contributed by atoms with Crippen molar-refractivity contribution in [3.63, 3.8) is 0 Å². The molecule has 0 aliphatic carbocycles. The Kier molecular flexibility index (Phi) is 5.40. The molecule has 0 atom stereocenters. The molecule has 0 radical (unpaired) electrons. The molecule has 0 fully saturated rings. The van der Waals surface area contributed by atoms with E-state index in [0.717, 1.165) is 0 Å². The molecule has 3 rings (SSSR count). The van der Waals surface area contributed by atoms with Gasteiger partial charge in [0.05, 0.1) is 26.9 Å². The molecule has 0 aliphatic heterocycles. The summed E-state index contributed by atoms with van der Waals surface area (Å²) in [6.45, 7) is 0. The fourth-order valence-electron chi connectivity index (χ4n) is 2.97. The third-order valence-electron chi connectivity index (χ3n) is 4.38. The number of aromatic hydroxyl groups is 2.